The van der Waals surface area contributed by atoms with Crippen LogP contribution in [0.25, 0.3) is 5.69 Å². The van der Waals surface area contributed by atoms with Crippen LogP contribution in [-0.4, -0.2) is 21.8 Å². The smallest absolute Gasteiger partial charge is 0.281 e. The molecule has 0 spiro atoms. The molecule has 0 saturated heterocycles. The number of nitrogens with one attached hydrogen (secondary N) is 1. The zero-order valence-corrected chi connectivity index (χ0v) is 19.9. The van der Waals surface area contributed by atoms with Crippen molar-refractivity contribution in [3.63, 3.8) is 0 Å². The lowest BCUT2D eigenvalue weighted by molar-refractivity contribution is -0.136. The van der Waals surface area contributed by atoms with Crippen LogP contribution < -0.4 is 5.43 Å². The second-order valence-electron chi connectivity index (χ2n) is 8.59. The lowest BCUT2D eigenvalue weighted by atomic mass is 9.85. The summed E-state index contributed by atoms with van der Waals surface area (Å²) in [5.41, 5.74) is 8.14. The van der Waals surface area contributed by atoms with Gasteiger partial charge in [-0.3, -0.25) is 4.79 Å². The molecule has 0 aliphatic rings. The Kier molecular flexibility index (Phi) is 6.48. The molecular weight excluding hydrogens is 422 g/mol. The van der Waals surface area contributed by atoms with E-state index in [1.54, 1.807) is 54.7 Å². The van der Waals surface area contributed by atoms with Crippen molar-refractivity contribution in [1.82, 2.24) is 9.99 Å². The summed E-state index contributed by atoms with van der Waals surface area (Å²) in [6.07, 6.45) is 1.62. The number of hydrogen-bond acceptors (Lipinski definition) is 3. The Balaban J connectivity index is 1.62. The molecule has 3 aromatic carbocycles. The van der Waals surface area contributed by atoms with Gasteiger partial charge in [-0.2, -0.15) is 5.10 Å². The summed E-state index contributed by atoms with van der Waals surface area (Å²) < 4.78 is 2.18. The summed E-state index contributed by atoms with van der Waals surface area (Å²) in [7, 11) is 0. The monoisotopic (exact) mass is 451 g/mol. The summed E-state index contributed by atoms with van der Waals surface area (Å²) in [5.74, 6) is -0.621. The van der Waals surface area contributed by atoms with E-state index in [2.05, 4.69) is 47.1 Å². The van der Waals surface area contributed by atoms with E-state index in [-0.39, 0.29) is 0 Å². The molecule has 1 heterocycles. The Morgan fingerprint density at radius 1 is 0.882 bits per heavy atom. The minimum absolute atomic E-state index is 0.474. The maximum Gasteiger partial charge on any atom is 0.281 e. The third kappa shape index (κ3) is 4.30. The SMILES string of the molecule is Cc1ccc(-n2c(C)cc(/C=N\NC(=O)C(O)(c3ccccc3)c3ccccc3)c2C)c(C)c1. The number of benzene rings is 3. The summed E-state index contributed by atoms with van der Waals surface area (Å²) in [6.45, 7) is 8.26. The van der Waals surface area contributed by atoms with Crippen molar-refractivity contribution < 1.29 is 9.90 Å². The van der Waals surface area contributed by atoms with Crippen LogP contribution in [0.15, 0.2) is 90.0 Å². The molecule has 1 aromatic heterocycles. The van der Waals surface area contributed by atoms with E-state index in [0.717, 1.165) is 22.6 Å². The minimum atomic E-state index is -1.87. The molecule has 34 heavy (non-hydrogen) atoms. The van der Waals surface area contributed by atoms with Gasteiger partial charge in [0.1, 0.15) is 0 Å². The topological polar surface area (TPSA) is 66.6 Å². The Morgan fingerprint density at radius 2 is 1.47 bits per heavy atom. The van der Waals surface area contributed by atoms with E-state index >= 15 is 0 Å². The molecule has 0 atom stereocenters. The Hall–Kier alpha value is -3.96. The van der Waals surface area contributed by atoms with E-state index in [0.29, 0.717) is 11.1 Å². The molecule has 1 amide bonds. The second-order valence-corrected chi connectivity index (χ2v) is 8.59. The van der Waals surface area contributed by atoms with Gasteiger partial charge in [0.2, 0.25) is 0 Å². The predicted molar refractivity (Wildman–Crippen MR) is 136 cm³/mol. The number of carbonyl (C=O) groups excluding carboxylic acids is 1. The molecule has 0 unspecified atom stereocenters. The molecule has 0 fully saturated rings. The molecule has 4 aromatic rings. The molecular formula is C29H29N3O2. The van der Waals surface area contributed by atoms with E-state index in [9.17, 15) is 9.90 Å². The molecule has 0 aliphatic heterocycles. The first-order valence-corrected chi connectivity index (χ1v) is 11.3. The number of aliphatic hydroxyl groups is 1. The van der Waals surface area contributed by atoms with E-state index < -0.39 is 11.5 Å². The number of aryl methyl sites for hydroxylation is 3. The number of aromatic nitrogens is 1. The molecule has 2 N–H and O–H groups in total. The van der Waals surface area contributed by atoms with Gasteiger partial charge in [-0.15, -0.1) is 0 Å². The zero-order chi connectivity index (χ0) is 24.3. The number of hydrazone groups is 1. The fourth-order valence-corrected chi connectivity index (χ4v) is 4.37. The largest absolute Gasteiger partial charge is 0.372 e. The van der Waals surface area contributed by atoms with Crippen molar-refractivity contribution in [1.29, 1.82) is 0 Å². The highest BCUT2D eigenvalue weighted by Crippen LogP contribution is 2.30. The third-order valence-corrected chi connectivity index (χ3v) is 6.14. The van der Waals surface area contributed by atoms with Crippen molar-refractivity contribution in [3.05, 3.63) is 124 Å². The van der Waals surface area contributed by atoms with Crippen LogP contribution in [0, 0.1) is 27.7 Å². The van der Waals surface area contributed by atoms with Crippen molar-refractivity contribution in [3.8, 4) is 5.69 Å². The summed E-state index contributed by atoms with van der Waals surface area (Å²) in [6, 6.07) is 26.2. The van der Waals surface area contributed by atoms with E-state index in [1.807, 2.05) is 32.0 Å². The fraction of sp³-hybridized carbons (Fsp3) is 0.172. The zero-order valence-electron chi connectivity index (χ0n) is 19.9. The molecule has 4 rings (SSSR count). The highest BCUT2D eigenvalue weighted by atomic mass is 16.3. The maximum absolute atomic E-state index is 13.2. The van der Waals surface area contributed by atoms with Gasteiger partial charge in [0.15, 0.2) is 5.60 Å². The number of rotatable bonds is 6. The van der Waals surface area contributed by atoms with Crippen molar-refractivity contribution >= 4 is 12.1 Å². The third-order valence-electron chi connectivity index (χ3n) is 6.14. The van der Waals surface area contributed by atoms with Crippen molar-refractivity contribution in [2.24, 2.45) is 5.10 Å². The number of carbonyl (C=O) groups is 1. The highest BCUT2D eigenvalue weighted by Gasteiger charge is 2.39. The molecule has 0 aliphatic carbocycles. The number of hydrogen-bond donors (Lipinski definition) is 2. The predicted octanol–water partition coefficient (Wildman–Crippen LogP) is 5.10. The molecule has 0 saturated carbocycles. The molecule has 5 nitrogen and oxygen atoms in total. The van der Waals surface area contributed by atoms with Crippen LogP contribution in [0.5, 0.6) is 0 Å². The highest BCUT2D eigenvalue weighted by molar-refractivity contribution is 5.91. The standard InChI is InChI=1S/C29H29N3O2/c1-20-15-16-27(21(2)17-20)32-22(3)18-24(23(32)4)19-30-31-28(33)29(34,25-11-7-5-8-12-25)26-13-9-6-10-14-26/h5-19,34H,1-4H3,(H,31,33)/b30-19-. The van der Waals surface area contributed by atoms with Gasteiger partial charge >= 0.3 is 0 Å². The van der Waals surface area contributed by atoms with Gasteiger partial charge < -0.3 is 9.67 Å². The van der Waals surface area contributed by atoms with Gasteiger partial charge in [-0.25, -0.2) is 5.43 Å². The van der Waals surface area contributed by atoms with Gasteiger partial charge in [-0.05, 0) is 56.5 Å². The van der Waals surface area contributed by atoms with Gasteiger partial charge in [0.05, 0.1) is 6.21 Å². The van der Waals surface area contributed by atoms with Crippen LogP contribution in [0.1, 0.15) is 39.2 Å². The van der Waals surface area contributed by atoms with Crippen LogP contribution in [0.2, 0.25) is 0 Å². The maximum atomic E-state index is 13.2. The first kappa shape index (κ1) is 23.2. The quantitative estimate of drug-likeness (QED) is 0.316. The average Bonchev–Trinajstić information content (AvgIpc) is 3.12. The summed E-state index contributed by atoms with van der Waals surface area (Å²) in [4.78, 5) is 13.2. The first-order chi connectivity index (χ1) is 16.3. The first-order valence-electron chi connectivity index (χ1n) is 11.3. The molecule has 0 bridgehead atoms. The Bertz CT molecular complexity index is 1300. The lowest BCUT2D eigenvalue weighted by Gasteiger charge is -2.27. The molecule has 172 valence electrons. The van der Waals surface area contributed by atoms with Gasteiger partial charge in [-0.1, -0.05) is 78.4 Å². The second kappa shape index (κ2) is 9.49. The molecule has 5 heteroatoms. The molecule has 0 radical (unpaired) electrons. The summed E-state index contributed by atoms with van der Waals surface area (Å²) >= 11 is 0. The Labute approximate surface area is 200 Å². The van der Waals surface area contributed by atoms with Crippen molar-refractivity contribution in [2.45, 2.75) is 33.3 Å². The van der Waals surface area contributed by atoms with E-state index in [4.69, 9.17) is 0 Å². The van der Waals surface area contributed by atoms with Crippen LogP contribution in [0.4, 0.5) is 0 Å². The van der Waals surface area contributed by atoms with Crippen LogP contribution in [0.3, 0.4) is 0 Å². The minimum Gasteiger partial charge on any atom is -0.372 e. The van der Waals surface area contributed by atoms with Crippen molar-refractivity contribution in [2.75, 3.05) is 0 Å². The Morgan fingerprint density at radius 3 is 2.03 bits per heavy atom. The summed E-state index contributed by atoms with van der Waals surface area (Å²) in [5, 5.41) is 15.7. The number of amides is 1. The van der Waals surface area contributed by atoms with Crippen LogP contribution in [-0.2, 0) is 10.4 Å². The fourth-order valence-electron chi connectivity index (χ4n) is 4.37. The van der Waals surface area contributed by atoms with Gasteiger partial charge in [0, 0.05) is 22.6 Å². The number of nitrogens with zero attached hydrogens (tertiary/aromatic N) is 2. The van der Waals surface area contributed by atoms with E-state index in [1.165, 1.54) is 11.1 Å². The van der Waals surface area contributed by atoms with Gasteiger partial charge in [0.25, 0.3) is 5.91 Å². The van der Waals surface area contributed by atoms with Crippen LogP contribution >= 0.6 is 0 Å². The average molecular weight is 452 g/mol. The normalized spacial score (nSPS) is 11.7. The lowest BCUT2D eigenvalue weighted by Crippen LogP contribution is -2.43.